The van der Waals surface area contributed by atoms with Gasteiger partial charge in [-0.25, -0.2) is 19.9 Å². The van der Waals surface area contributed by atoms with E-state index in [9.17, 15) is 14.5 Å². The van der Waals surface area contributed by atoms with Crippen LogP contribution in [0.25, 0.3) is 44.3 Å². The van der Waals surface area contributed by atoms with Crippen LogP contribution >= 0.6 is 56.8 Å². The molecular weight excluding hydrogens is 865 g/mol. The van der Waals surface area contributed by atoms with E-state index in [-0.39, 0.29) is 22.7 Å². The molecule has 0 unspecified atom stereocenters. The zero-order valence-corrected chi connectivity index (χ0v) is 30.5. The van der Waals surface area contributed by atoms with Gasteiger partial charge in [-0.1, -0.05) is 12.1 Å². The van der Waals surface area contributed by atoms with E-state index in [4.69, 9.17) is 16.3 Å². The summed E-state index contributed by atoms with van der Waals surface area (Å²) in [5.41, 5.74) is 5.30. The maximum atomic E-state index is 13.9. The Morgan fingerprint density at radius 1 is 0.854 bits per heavy atom. The second-order valence-corrected chi connectivity index (χ2v) is 13.3. The molecule has 11 nitrogen and oxygen atoms in total. The summed E-state index contributed by atoms with van der Waals surface area (Å²) in [5, 5.41) is 16.5. The molecule has 242 valence electrons. The number of nitro benzene ring substituents is 1. The van der Waals surface area contributed by atoms with Crippen LogP contribution in [0.3, 0.4) is 0 Å². The average molecular weight is 889 g/mol. The molecule has 0 aliphatic heterocycles. The van der Waals surface area contributed by atoms with Gasteiger partial charge in [-0.15, -0.1) is 0 Å². The lowest BCUT2D eigenvalue weighted by molar-refractivity contribution is -0.387. The highest BCUT2D eigenvalue weighted by Gasteiger charge is 2.20. The highest BCUT2D eigenvalue weighted by atomic mass is 127. The number of halogens is 4. The number of anilines is 2. The molecule has 0 fully saturated rings. The minimum absolute atomic E-state index is 0.104. The van der Waals surface area contributed by atoms with Gasteiger partial charge in [0.2, 0.25) is 17.0 Å². The van der Waals surface area contributed by atoms with Crippen molar-refractivity contribution < 1.29 is 14.1 Å². The molecule has 7 aromatic rings. The Hall–Kier alpha value is -4.42. The molecule has 0 amide bonds. The third-order valence-electron chi connectivity index (χ3n) is 7.45. The van der Waals surface area contributed by atoms with Crippen LogP contribution in [0.5, 0.6) is 5.75 Å². The Morgan fingerprint density at radius 3 is 1.96 bits per heavy atom. The van der Waals surface area contributed by atoms with Crippen molar-refractivity contribution in [3.8, 4) is 28.3 Å². The Morgan fingerprint density at radius 2 is 1.42 bits per heavy atom. The first-order valence-corrected chi connectivity index (χ1v) is 16.7. The van der Waals surface area contributed by atoms with Gasteiger partial charge >= 0.3 is 5.69 Å². The van der Waals surface area contributed by atoms with Crippen molar-refractivity contribution in [2.45, 2.75) is 0 Å². The number of nitro groups is 1. The van der Waals surface area contributed by atoms with Gasteiger partial charge < -0.3 is 19.2 Å². The predicted molar refractivity (Wildman–Crippen MR) is 201 cm³/mol. The summed E-state index contributed by atoms with van der Waals surface area (Å²) >= 11 is 10.4. The number of hydrogen-bond acceptors (Lipinski definition) is 8. The maximum Gasteiger partial charge on any atom is 0.307 e. The van der Waals surface area contributed by atoms with Crippen molar-refractivity contribution in [1.82, 2.24) is 29.1 Å². The summed E-state index contributed by atoms with van der Waals surface area (Å²) in [5.74, 6) is -0.677. The molecule has 4 heterocycles. The van der Waals surface area contributed by atoms with E-state index < -0.39 is 16.4 Å². The molecule has 0 saturated heterocycles. The van der Waals surface area contributed by atoms with Gasteiger partial charge in [-0.3, -0.25) is 10.1 Å². The van der Waals surface area contributed by atoms with Gasteiger partial charge in [0.15, 0.2) is 0 Å². The molecule has 7 rings (SSSR count). The number of aryl methyl sites for hydroxylation is 2. The standard InChI is InChI=1S/C20H15FIN5O3.C13H9ClIN3/c1-26-10-13(12-4-3-11(22)7-17(12)26)15-5-6-23-20(24-15)25-16-9-18(27(28)29)14(21)8-19(16)30-2;1-18-7-10(11-4-5-16-13(14)17-11)9-3-2-8(15)6-12(9)18/h3-10H,1-2H3,(H,23,24,25);2-7H,1H3. The van der Waals surface area contributed by atoms with Crippen LogP contribution in [-0.4, -0.2) is 41.1 Å². The monoisotopic (exact) mass is 888 g/mol. The average Bonchev–Trinajstić information content (AvgIpc) is 3.57. The number of methoxy groups -OCH3 is 1. The summed E-state index contributed by atoms with van der Waals surface area (Å²) in [6.45, 7) is 0. The molecule has 3 aromatic carbocycles. The van der Waals surface area contributed by atoms with Crippen molar-refractivity contribution in [3.05, 3.63) is 114 Å². The Kier molecular flexibility index (Phi) is 9.75. The molecular formula is C33H24ClFI2N8O3. The molecule has 0 radical (unpaired) electrons. The van der Waals surface area contributed by atoms with Crippen LogP contribution in [0.4, 0.5) is 21.7 Å². The smallest absolute Gasteiger partial charge is 0.307 e. The first kappa shape index (κ1) is 33.5. The van der Waals surface area contributed by atoms with E-state index in [2.05, 4.69) is 105 Å². The molecule has 15 heteroatoms. The Balaban J connectivity index is 0.000000189. The lowest BCUT2D eigenvalue weighted by Gasteiger charge is -2.11. The molecule has 1 N–H and O–H groups in total. The second-order valence-electron chi connectivity index (χ2n) is 10.5. The minimum atomic E-state index is -0.984. The molecule has 0 atom stereocenters. The topological polar surface area (TPSA) is 126 Å². The van der Waals surface area contributed by atoms with Crippen LogP contribution in [0.15, 0.2) is 85.5 Å². The number of nitrogens with one attached hydrogen (secondary N) is 1. The van der Waals surface area contributed by atoms with Crippen LogP contribution in [-0.2, 0) is 14.1 Å². The summed E-state index contributed by atoms with van der Waals surface area (Å²) in [6, 6.07) is 18.2. The normalized spacial score (nSPS) is 11.0. The van der Waals surface area contributed by atoms with Crippen LogP contribution < -0.4 is 10.1 Å². The first-order chi connectivity index (χ1) is 23.0. The Labute approximate surface area is 305 Å². The van der Waals surface area contributed by atoms with Crippen molar-refractivity contribution in [2.24, 2.45) is 14.1 Å². The summed E-state index contributed by atoms with van der Waals surface area (Å²) in [7, 11) is 5.34. The van der Waals surface area contributed by atoms with E-state index in [1.165, 1.54) is 21.6 Å². The number of ether oxygens (including phenoxy) is 1. The number of rotatable bonds is 6. The third-order valence-corrected chi connectivity index (χ3v) is 8.98. The molecule has 0 bridgehead atoms. The second kappa shape index (κ2) is 14.0. The predicted octanol–water partition coefficient (Wildman–Crippen LogP) is 8.93. The fraction of sp³-hybridized carbons (Fsp3) is 0.0909. The number of nitrogens with zero attached hydrogens (tertiary/aromatic N) is 7. The third kappa shape index (κ3) is 6.91. The van der Waals surface area contributed by atoms with E-state index >= 15 is 0 Å². The molecule has 0 spiro atoms. The van der Waals surface area contributed by atoms with Crippen molar-refractivity contribution in [1.29, 1.82) is 0 Å². The number of aromatic nitrogens is 6. The van der Waals surface area contributed by atoms with Crippen LogP contribution in [0.1, 0.15) is 0 Å². The number of fused-ring (bicyclic) bond motifs is 2. The molecule has 4 aromatic heterocycles. The highest BCUT2D eigenvalue weighted by Crippen LogP contribution is 2.35. The van der Waals surface area contributed by atoms with Gasteiger partial charge in [-0.05, 0) is 93.2 Å². The zero-order chi connectivity index (χ0) is 34.1. The summed E-state index contributed by atoms with van der Waals surface area (Å²) in [4.78, 5) is 27.2. The van der Waals surface area contributed by atoms with Gasteiger partial charge in [-0.2, -0.15) is 4.39 Å². The van der Waals surface area contributed by atoms with Crippen LogP contribution in [0.2, 0.25) is 5.28 Å². The van der Waals surface area contributed by atoms with Crippen molar-refractivity contribution >= 4 is 95.9 Å². The number of hydrogen-bond donors (Lipinski definition) is 1. The van der Waals surface area contributed by atoms with Crippen LogP contribution in [0, 0.1) is 23.1 Å². The molecule has 48 heavy (non-hydrogen) atoms. The molecule has 0 aliphatic carbocycles. The van der Waals surface area contributed by atoms with E-state index in [0.29, 0.717) is 5.69 Å². The van der Waals surface area contributed by atoms with Crippen molar-refractivity contribution in [3.63, 3.8) is 0 Å². The Bertz CT molecular complexity index is 2350. The van der Waals surface area contributed by atoms with Crippen molar-refractivity contribution in [2.75, 3.05) is 12.4 Å². The first-order valence-electron chi connectivity index (χ1n) is 14.1. The summed E-state index contributed by atoms with van der Waals surface area (Å²) < 4.78 is 25.5. The van der Waals surface area contributed by atoms with Gasteiger partial charge in [0.1, 0.15) is 5.75 Å². The highest BCUT2D eigenvalue weighted by molar-refractivity contribution is 14.1. The zero-order valence-electron chi connectivity index (χ0n) is 25.5. The summed E-state index contributed by atoms with van der Waals surface area (Å²) in [6.07, 6.45) is 7.31. The fourth-order valence-corrected chi connectivity index (χ4v) is 6.34. The lowest BCUT2D eigenvalue weighted by atomic mass is 10.1. The minimum Gasteiger partial charge on any atom is -0.494 e. The van der Waals surface area contributed by atoms with Gasteiger partial charge in [0.25, 0.3) is 0 Å². The maximum absolute atomic E-state index is 13.9. The SMILES string of the molecule is COc1cc(F)c([N+](=O)[O-])cc1Nc1nccc(-c2cn(C)c3cc(I)ccc23)n1.Cn1cc(-c2ccnc(Cl)n2)c2ccc(I)cc21. The van der Waals surface area contributed by atoms with Gasteiger partial charge in [0, 0.05) is 91.1 Å². The van der Waals surface area contributed by atoms with Gasteiger partial charge in [0.05, 0.1) is 29.1 Å². The fourth-order valence-electron chi connectivity index (χ4n) is 5.25. The van der Waals surface area contributed by atoms with E-state index in [1.54, 1.807) is 18.5 Å². The molecule has 0 aliphatic rings. The largest absolute Gasteiger partial charge is 0.494 e. The van der Waals surface area contributed by atoms with E-state index in [0.717, 1.165) is 43.4 Å². The molecule has 0 saturated carbocycles. The quantitative estimate of drug-likeness (QED) is 0.0760. The lowest BCUT2D eigenvalue weighted by Crippen LogP contribution is -2.02. The van der Waals surface area contributed by atoms with E-state index in [1.807, 2.05) is 43.1 Å². The number of benzene rings is 3.